The zero-order valence-electron chi connectivity index (χ0n) is 24.2. The SMILES string of the molecule is C=C/C=C\C=C/CC(CC)CN(CC)C(=O)CNCCNC(=O)c1ccc2cc(Cl)ccc2c1.CC.CC. The van der Waals surface area contributed by atoms with Gasteiger partial charge in [0.05, 0.1) is 6.54 Å². The molecule has 0 fully saturated rings. The van der Waals surface area contributed by atoms with Crippen LogP contribution in [0.2, 0.25) is 5.02 Å². The van der Waals surface area contributed by atoms with Gasteiger partial charge in [-0.05, 0) is 54.3 Å². The van der Waals surface area contributed by atoms with Gasteiger partial charge in [-0.1, -0.05) is 102 Å². The predicted molar refractivity (Wildman–Crippen MR) is 166 cm³/mol. The van der Waals surface area contributed by atoms with Gasteiger partial charge >= 0.3 is 0 Å². The summed E-state index contributed by atoms with van der Waals surface area (Å²) in [5.74, 6) is 0.368. The second-order valence-corrected chi connectivity index (χ2v) is 8.57. The van der Waals surface area contributed by atoms with E-state index in [1.165, 1.54) is 0 Å². The molecule has 0 aliphatic heterocycles. The number of allylic oxidation sites excluding steroid dienone is 5. The largest absolute Gasteiger partial charge is 0.351 e. The first kappa shape index (κ1) is 35.1. The molecule has 2 amide bonds. The van der Waals surface area contributed by atoms with Crippen molar-refractivity contribution in [1.82, 2.24) is 15.5 Å². The number of fused-ring (bicyclic) bond motifs is 1. The predicted octanol–water partition coefficient (Wildman–Crippen LogP) is 7.43. The number of amides is 2. The number of hydrogen-bond donors (Lipinski definition) is 2. The van der Waals surface area contributed by atoms with Crippen molar-refractivity contribution in [2.75, 3.05) is 32.7 Å². The van der Waals surface area contributed by atoms with Crippen LogP contribution in [-0.2, 0) is 4.79 Å². The molecule has 2 aromatic rings. The fourth-order valence-corrected chi connectivity index (χ4v) is 3.79. The molecule has 0 aliphatic carbocycles. The van der Waals surface area contributed by atoms with E-state index in [9.17, 15) is 9.59 Å². The Morgan fingerprint density at radius 1 is 0.974 bits per heavy atom. The third kappa shape index (κ3) is 13.6. The number of hydrogen-bond acceptors (Lipinski definition) is 3. The molecule has 2 N–H and O–H groups in total. The highest BCUT2D eigenvalue weighted by Crippen LogP contribution is 2.20. The van der Waals surface area contributed by atoms with Gasteiger partial charge in [0.2, 0.25) is 5.91 Å². The molecule has 1 atom stereocenters. The van der Waals surface area contributed by atoms with Crippen LogP contribution in [0.5, 0.6) is 0 Å². The lowest BCUT2D eigenvalue weighted by atomic mass is 10.0. The zero-order valence-corrected chi connectivity index (χ0v) is 25.0. The third-order valence-electron chi connectivity index (χ3n) is 5.68. The van der Waals surface area contributed by atoms with Crippen LogP contribution in [0, 0.1) is 5.92 Å². The molecule has 0 heterocycles. The standard InChI is InChI=1S/C28H36ClN3O2.2C2H6/c1-4-7-8-9-10-11-22(5-2)21-32(6-3)27(33)20-30-16-17-31-28(34)25-13-12-24-19-26(29)15-14-23(24)18-25;2*1-2/h4,7-10,12-15,18-19,22,30H,1,5-6,11,16-17,20-21H2,2-3H3,(H,31,34);2*1-2H3/b8-7-,10-9-;;. The van der Waals surface area contributed by atoms with Crippen LogP contribution in [0.3, 0.4) is 0 Å². The maximum Gasteiger partial charge on any atom is 0.251 e. The van der Waals surface area contributed by atoms with E-state index in [-0.39, 0.29) is 18.4 Å². The molecule has 6 heteroatoms. The molecule has 2 aromatic carbocycles. The van der Waals surface area contributed by atoms with Gasteiger partial charge in [-0.15, -0.1) is 0 Å². The molecule has 0 bridgehead atoms. The summed E-state index contributed by atoms with van der Waals surface area (Å²) in [6, 6.07) is 11.1. The average Bonchev–Trinajstić information content (AvgIpc) is 2.96. The van der Waals surface area contributed by atoms with Gasteiger partial charge in [-0.25, -0.2) is 0 Å². The number of likely N-dealkylation sites (N-methyl/N-ethyl adjacent to an activating group) is 1. The summed E-state index contributed by atoms with van der Waals surface area (Å²) in [6.07, 6.45) is 11.7. The van der Waals surface area contributed by atoms with Gasteiger partial charge < -0.3 is 15.5 Å². The summed E-state index contributed by atoms with van der Waals surface area (Å²) < 4.78 is 0. The number of nitrogens with one attached hydrogen (secondary N) is 2. The fraction of sp³-hybridized carbons (Fsp3) is 0.438. The van der Waals surface area contributed by atoms with Crippen LogP contribution in [-0.4, -0.2) is 49.4 Å². The molecular formula is C32H48ClN3O2. The van der Waals surface area contributed by atoms with Crippen molar-refractivity contribution in [3.8, 4) is 0 Å². The lowest BCUT2D eigenvalue weighted by Gasteiger charge is -2.25. The van der Waals surface area contributed by atoms with Crippen LogP contribution >= 0.6 is 11.6 Å². The van der Waals surface area contributed by atoms with E-state index in [1.807, 2.05) is 88.1 Å². The maximum absolute atomic E-state index is 12.6. The van der Waals surface area contributed by atoms with Crippen molar-refractivity contribution in [2.45, 2.75) is 54.4 Å². The lowest BCUT2D eigenvalue weighted by molar-refractivity contribution is -0.130. The Morgan fingerprint density at radius 2 is 1.66 bits per heavy atom. The minimum absolute atomic E-state index is 0.0796. The van der Waals surface area contributed by atoms with E-state index >= 15 is 0 Å². The molecule has 1 unspecified atom stereocenters. The van der Waals surface area contributed by atoms with Crippen LogP contribution < -0.4 is 10.6 Å². The molecule has 0 saturated heterocycles. The number of carbonyl (C=O) groups is 2. The molecule has 0 spiro atoms. The van der Waals surface area contributed by atoms with Gasteiger partial charge in [-0.3, -0.25) is 9.59 Å². The van der Waals surface area contributed by atoms with Crippen molar-refractivity contribution < 1.29 is 9.59 Å². The smallest absolute Gasteiger partial charge is 0.251 e. The molecule has 0 aromatic heterocycles. The Balaban J connectivity index is 0.00000326. The summed E-state index contributed by atoms with van der Waals surface area (Å²) in [4.78, 5) is 27.0. The maximum atomic E-state index is 12.6. The summed E-state index contributed by atoms with van der Waals surface area (Å²) >= 11 is 6.02. The highest BCUT2D eigenvalue weighted by molar-refractivity contribution is 6.31. The summed E-state index contributed by atoms with van der Waals surface area (Å²) in [6.45, 7) is 18.5. The normalized spacial score (nSPS) is 11.3. The van der Waals surface area contributed by atoms with E-state index in [2.05, 4.69) is 30.2 Å². The van der Waals surface area contributed by atoms with Gasteiger partial charge in [0, 0.05) is 36.8 Å². The van der Waals surface area contributed by atoms with Crippen molar-refractivity contribution >= 4 is 34.2 Å². The Bertz CT molecular complexity index is 1020. The Morgan fingerprint density at radius 3 is 2.32 bits per heavy atom. The average molecular weight is 542 g/mol. The highest BCUT2D eigenvalue weighted by atomic mass is 35.5. The molecule has 38 heavy (non-hydrogen) atoms. The van der Waals surface area contributed by atoms with Crippen molar-refractivity contribution in [2.24, 2.45) is 5.92 Å². The number of halogens is 1. The lowest BCUT2D eigenvalue weighted by Crippen LogP contribution is -2.42. The molecule has 210 valence electrons. The molecule has 5 nitrogen and oxygen atoms in total. The number of rotatable bonds is 14. The van der Waals surface area contributed by atoms with E-state index in [0.717, 1.165) is 30.2 Å². The highest BCUT2D eigenvalue weighted by Gasteiger charge is 2.15. The Kier molecular flexibility index (Phi) is 20.4. The zero-order chi connectivity index (χ0) is 28.8. The minimum Gasteiger partial charge on any atom is -0.351 e. The summed E-state index contributed by atoms with van der Waals surface area (Å²) in [5.41, 5.74) is 0.600. The van der Waals surface area contributed by atoms with Gasteiger partial charge in [0.25, 0.3) is 5.91 Å². The van der Waals surface area contributed by atoms with Crippen LogP contribution in [0.25, 0.3) is 10.8 Å². The van der Waals surface area contributed by atoms with Gasteiger partial charge in [-0.2, -0.15) is 0 Å². The molecule has 0 saturated carbocycles. The quantitative estimate of drug-likeness (QED) is 0.193. The van der Waals surface area contributed by atoms with E-state index in [0.29, 0.717) is 36.1 Å². The number of nitrogens with zero attached hydrogens (tertiary/aromatic N) is 1. The second kappa shape index (κ2) is 22.1. The second-order valence-electron chi connectivity index (χ2n) is 8.13. The third-order valence-corrected chi connectivity index (χ3v) is 5.92. The van der Waals surface area contributed by atoms with Crippen molar-refractivity contribution in [1.29, 1.82) is 0 Å². The first-order chi connectivity index (χ1) is 18.5. The van der Waals surface area contributed by atoms with Gasteiger partial charge in [0.1, 0.15) is 0 Å². The van der Waals surface area contributed by atoms with E-state index in [1.54, 1.807) is 12.1 Å². The molecular weight excluding hydrogens is 494 g/mol. The Hall–Kier alpha value is -2.89. The van der Waals surface area contributed by atoms with Crippen LogP contribution in [0.4, 0.5) is 0 Å². The first-order valence-corrected chi connectivity index (χ1v) is 14.3. The van der Waals surface area contributed by atoms with Crippen LogP contribution in [0.15, 0.2) is 73.4 Å². The Labute approximate surface area is 236 Å². The van der Waals surface area contributed by atoms with Crippen molar-refractivity contribution in [3.63, 3.8) is 0 Å². The minimum atomic E-state index is -0.137. The fourth-order valence-electron chi connectivity index (χ4n) is 3.61. The monoisotopic (exact) mass is 541 g/mol. The molecule has 2 rings (SSSR count). The number of carbonyl (C=O) groups excluding carboxylic acids is 2. The number of benzene rings is 2. The topological polar surface area (TPSA) is 61.4 Å². The first-order valence-electron chi connectivity index (χ1n) is 13.9. The van der Waals surface area contributed by atoms with E-state index in [4.69, 9.17) is 11.6 Å². The van der Waals surface area contributed by atoms with Crippen molar-refractivity contribution in [3.05, 3.63) is 83.9 Å². The van der Waals surface area contributed by atoms with Crippen LogP contribution in [0.1, 0.15) is 64.7 Å². The van der Waals surface area contributed by atoms with E-state index < -0.39 is 0 Å². The summed E-state index contributed by atoms with van der Waals surface area (Å²) in [5, 5.41) is 8.68. The summed E-state index contributed by atoms with van der Waals surface area (Å²) in [7, 11) is 0. The van der Waals surface area contributed by atoms with Gasteiger partial charge in [0.15, 0.2) is 0 Å². The molecule has 0 radical (unpaired) electrons. The molecule has 0 aliphatic rings.